The summed E-state index contributed by atoms with van der Waals surface area (Å²) in [4.78, 5) is 36.8. The quantitative estimate of drug-likeness (QED) is 0.731. The normalized spacial score (nSPS) is 15.5. The Bertz CT molecular complexity index is 907. The zero-order valence-corrected chi connectivity index (χ0v) is 14.7. The molecule has 1 unspecified atom stereocenters. The van der Waals surface area contributed by atoms with Crippen LogP contribution < -0.4 is 16.0 Å². The first-order valence-electron chi connectivity index (χ1n) is 8.00. The van der Waals surface area contributed by atoms with Crippen molar-refractivity contribution in [3.63, 3.8) is 0 Å². The summed E-state index contributed by atoms with van der Waals surface area (Å²) in [5.41, 5.74) is 0.780. The van der Waals surface area contributed by atoms with Gasteiger partial charge in [0, 0.05) is 23.1 Å². The number of para-hydroxylation sites is 1. The van der Waals surface area contributed by atoms with Crippen LogP contribution in [0.1, 0.15) is 6.42 Å². The summed E-state index contributed by atoms with van der Waals surface area (Å²) in [6.45, 7) is -0.354. The Balaban J connectivity index is 1.49. The number of carbonyl (C=O) groups is 3. The fourth-order valence-electron chi connectivity index (χ4n) is 2.43. The molecule has 6 nitrogen and oxygen atoms in total. The number of nitrogens with one attached hydrogen (secondary N) is 3. The number of halogens is 2. The molecule has 140 valence electrons. The van der Waals surface area contributed by atoms with Gasteiger partial charge < -0.3 is 16.0 Å². The molecule has 0 saturated carbocycles. The maximum atomic E-state index is 13.1. The van der Waals surface area contributed by atoms with E-state index < -0.39 is 28.7 Å². The molecule has 0 bridgehead atoms. The Morgan fingerprint density at radius 2 is 1.85 bits per heavy atom. The molecule has 9 heteroatoms. The monoisotopic (exact) mass is 391 g/mol. The summed E-state index contributed by atoms with van der Waals surface area (Å²) in [7, 11) is 0. The molecule has 27 heavy (non-hydrogen) atoms. The molecule has 0 radical (unpaired) electrons. The van der Waals surface area contributed by atoms with Crippen molar-refractivity contribution < 1.29 is 23.2 Å². The van der Waals surface area contributed by atoms with Crippen LogP contribution in [-0.4, -0.2) is 29.5 Å². The number of carbonyl (C=O) groups excluding carboxylic acids is 3. The average Bonchev–Trinajstić information content (AvgIpc) is 2.64. The molecule has 0 spiro atoms. The SMILES string of the molecule is O=C(CC1Sc2ccccc2NC1=O)NCC(=O)Nc1ccc(F)c(F)c1. The third-order valence-corrected chi connectivity index (χ3v) is 5.00. The number of hydrogen-bond acceptors (Lipinski definition) is 4. The van der Waals surface area contributed by atoms with Crippen molar-refractivity contribution in [2.75, 3.05) is 17.2 Å². The minimum atomic E-state index is -1.09. The number of benzene rings is 2. The maximum absolute atomic E-state index is 13.1. The Morgan fingerprint density at radius 3 is 2.63 bits per heavy atom. The molecular weight excluding hydrogens is 376 g/mol. The van der Waals surface area contributed by atoms with Gasteiger partial charge in [0.2, 0.25) is 17.7 Å². The lowest BCUT2D eigenvalue weighted by molar-refractivity contribution is -0.125. The Labute approximate surface area is 157 Å². The summed E-state index contributed by atoms with van der Waals surface area (Å²) < 4.78 is 26.0. The number of amides is 3. The van der Waals surface area contributed by atoms with Crippen LogP contribution in [0.15, 0.2) is 47.4 Å². The lowest BCUT2D eigenvalue weighted by Gasteiger charge is -2.23. The van der Waals surface area contributed by atoms with Crippen LogP contribution in [0.5, 0.6) is 0 Å². The second-order valence-corrected chi connectivity index (χ2v) is 6.99. The number of anilines is 2. The summed E-state index contributed by atoms with van der Waals surface area (Å²) in [5, 5.41) is 6.89. The van der Waals surface area contributed by atoms with Crippen LogP contribution in [-0.2, 0) is 14.4 Å². The van der Waals surface area contributed by atoms with Gasteiger partial charge in [0.1, 0.15) is 0 Å². The smallest absolute Gasteiger partial charge is 0.243 e. The molecule has 1 atom stereocenters. The topological polar surface area (TPSA) is 87.3 Å². The van der Waals surface area contributed by atoms with E-state index in [-0.39, 0.29) is 24.6 Å². The molecule has 3 rings (SSSR count). The fourth-order valence-corrected chi connectivity index (χ4v) is 3.54. The highest BCUT2D eigenvalue weighted by Gasteiger charge is 2.28. The van der Waals surface area contributed by atoms with Gasteiger partial charge in [0.15, 0.2) is 11.6 Å². The Hall–Kier alpha value is -2.94. The molecule has 0 saturated heterocycles. The number of hydrogen-bond donors (Lipinski definition) is 3. The number of thioether (sulfide) groups is 1. The van der Waals surface area contributed by atoms with Gasteiger partial charge in [-0.1, -0.05) is 12.1 Å². The predicted molar refractivity (Wildman–Crippen MR) is 97.3 cm³/mol. The van der Waals surface area contributed by atoms with E-state index in [1.54, 1.807) is 12.1 Å². The van der Waals surface area contributed by atoms with E-state index in [4.69, 9.17) is 0 Å². The first-order valence-corrected chi connectivity index (χ1v) is 8.88. The van der Waals surface area contributed by atoms with Crippen LogP contribution in [0.2, 0.25) is 0 Å². The lowest BCUT2D eigenvalue weighted by Crippen LogP contribution is -2.37. The molecule has 0 fully saturated rings. The molecule has 3 N–H and O–H groups in total. The van der Waals surface area contributed by atoms with Crippen LogP contribution in [0.3, 0.4) is 0 Å². The van der Waals surface area contributed by atoms with Crippen molar-refractivity contribution in [3.05, 3.63) is 54.1 Å². The van der Waals surface area contributed by atoms with E-state index >= 15 is 0 Å². The second kappa shape index (κ2) is 8.17. The van der Waals surface area contributed by atoms with Crippen LogP contribution in [0.25, 0.3) is 0 Å². The first kappa shape index (κ1) is 18.8. The fraction of sp³-hybridized carbons (Fsp3) is 0.167. The van der Waals surface area contributed by atoms with Crippen molar-refractivity contribution in [3.8, 4) is 0 Å². The molecule has 2 aromatic rings. The van der Waals surface area contributed by atoms with Crippen LogP contribution in [0, 0.1) is 11.6 Å². The van der Waals surface area contributed by atoms with E-state index in [1.807, 2.05) is 12.1 Å². The average molecular weight is 391 g/mol. The van der Waals surface area contributed by atoms with E-state index in [2.05, 4.69) is 16.0 Å². The zero-order chi connectivity index (χ0) is 19.4. The van der Waals surface area contributed by atoms with Crippen molar-refractivity contribution in [2.45, 2.75) is 16.6 Å². The molecule has 2 aromatic carbocycles. The highest BCUT2D eigenvalue weighted by molar-refractivity contribution is 8.01. The van der Waals surface area contributed by atoms with Crippen molar-refractivity contribution in [2.24, 2.45) is 0 Å². The van der Waals surface area contributed by atoms with Crippen molar-refractivity contribution in [1.29, 1.82) is 0 Å². The van der Waals surface area contributed by atoms with Gasteiger partial charge in [0.25, 0.3) is 0 Å². The first-order chi connectivity index (χ1) is 12.9. The van der Waals surface area contributed by atoms with Crippen LogP contribution in [0.4, 0.5) is 20.2 Å². The van der Waals surface area contributed by atoms with Gasteiger partial charge in [-0.15, -0.1) is 11.8 Å². The van der Waals surface area contributed by atoms with E-state index in [0.717, 1.165) is 17.0 Å². The highest BCUT2D eigenvalue weighted by atomic mass is 32.2. The van der Waals surface area contributed by atoms with Crippen molar-refractivity contribution in [1.82, 2.24) is 5.32 Å². The largest absolute Gasteiger partial charge is 0.347 e. The van der Waals surface area contributed by atoms with Crippen molar-refractivity contribution >= 4 is 40.9 Å². The summed E-state index contributed by atoms with van der Waals surface area (Å²) in [6, 6.07) is 10.2. The standard InChI is InChI=1S/C18H15F2N3O3S/c19-11-6-5-10(7-12(11)20)22-17(25)9-21-16(24)8-15-18(26)23-13-3-1-2-4-14(13)27-15/h1-7,15H,8-9H2,(H,21,24)(H,22,25)(H,23,26). The van der Waals surface area contributed by atoms with Gasteiger partial charge in [-0.05, 0) is 24.3 Å². The second-order valence-electron chi connectivity index (χ2n) is 5.75. The molecule has 1 aliphatic rings. The Kier molecular flexibility index (Phi) is 5.70. The minimum absolute atomic E-state index is 0.0759. The van der Waals surface area contributed by atoms with Gasteiger partial charge in [-0.2, -0.15) is 0 Å². The molecule has 1 heterocycles. The molecular formula is C18H15F2N3O3S. The zero-order valence-electron chi connectivity index (χ0n) is 13.9. The number of fused-ring (bicyclic) bond motifs is 1. The number of rotatable bonds is 5. The molecule has 0 aliphatic carbocycles. The summed E-state index contributed by atoms with van der Waals surface area (Å²) in [6.07, 6.45) is -0.0940. The highest BCUT2D eigenvalue weighted by Crippen LogP contribution is 2.36. The molecule has 0 aromatic heterocycles. The Morgan fingerprint density at radius 1 is 1.07 bits per heavy atom. The molecule has 3 amide bonds. The third kappa shape index (κ3) is 4.82. The maximum Gasteiger partial charge on any atom is 0.243 e. The summed E-state index contributed by atoms with van der Waals surface area (Å²) in [5.74, 6) is -3.45. The molecule has 1 aliphatic heterocycles. The van der Waals surface area contributed by atoms with E-state index in [1.165, 1.54) is 17.8 Å². The minimum Gasteiger partial charge on any atom is -0.347 e. The predicted octanol–water partition coefficient (Wildman–Crippen LogP) is 2.52. The van der Waals surface area contributed by atoms with Gasteiger partial charge >= 0.3 is 0 Å². The van der Waals surface area contributed by atoms with Gasteiger partial charge in [0.05, 0.1) is 17.5 Å². The van der Waals surface area contributed by atoms with Gasteiger partial charge in [-0.25, -0.2) is 8.78 Å². The lowest BCUT2D eigenvalue weighted by atomic mass is 10.2. The van der Waals surface area contributed by atoms with E-state index in [9.17, 15) is 23.2 Å². The van der Waals surface area contributed by atoms with E-state index in [0.29, 0.717) is 5.69 Å². The van der Waals surface area contributed by atoms with Crippen LogP contribution >= 0.6 is 11.8 Å². The third-order valence-electron chi connectivity index (χ3n) is 3.73. The van der Waals surface area contributed by atoms with Gasteiger partial charge in [-0.3, -0.25) is 14.4 Å². The summed E-state index contributed by atoms with van der Waals surface area (Å²) >= 11 is 1.28.